The molecule has 2 aromatic carbocycles. The van der Waals surface area contributed by atoms with E-state index < -0.39 is 23.9 Å². The Morgan fingerprint density at radius 1 is 1.07 bits per heavy atom. The molecule has 0 unspecified atom stereocenters. The average Bonchev–Trinajstić information content (AvgIpc) is 3.24. The zero-order chi connectivity index (χ0) is 21.5. The number of ether oxygens (including phenoxy) is 2. The lowest BCUT2D eigenvalue weighted by molar-refractivity contribution is -0.144. The first-order valence-electron chi connectivity index (χ1n) is 9.39. The van der Waals surface area contributed by atoms with E-state index in [1.165, 1.54) is 20.3 Å². The molecular formula is C22H22N2O6. The second-order valence-electron chi connectivity index (χ2n) is 6.66. The van der Waals surface area contributed by atoms with Gasteiger partial charge in [0.25, 0.3) is 5.91 Å². The van der Waals surface area contributed by atoms with Gasteiger partial charge in [0, 0.05) is 18.9 Å². The third-order valence-electron chi connectivity index (χ3n) is 4.69. The van der Waals surface area contributed by atoms with Crippen LogP contribution in [0.4, 0.5) is 0 Å². The lowest BCUT2D eigenvalue weighted by Gasteiger charge is -2.14. The lowest BCUT2D eigenvalue weighted by Crippen LogP contribution is -2.41. The van der Waals surface area contributed by atoms with Crippen molar-refractivity contribution in [2.45, 2.75) is 25.3 Å². The molecule has 0 aliphatic carbocycles. The fraction of sp³-hybridized carbons (Fsp3) is 0.273. The van der Waals surface area contributed by atoms with Gasteiger partial charge in [-0.05, 0) is 22.8 Å². The minimum Gasteiger partial charge on any atom is -0.469 e. The Labute approximate surface area is 173 Å². The van der Waals surface area contributed by atoms with Crippen molar-refractivity contribution in [1.82, 2.24) is 10.5 Å². The molecule has 0 aliphatic rings. The zero-order valence-corrected chi connectivity index (χ0v) is 16.7. The van der Waals surface area contributed by atoms with Crippen LogP contribution in [0.25, 0.3) is 10.8 Å². The van der Waals surface area contributed by atoms with Crippen LogP contribution in [-0.2, 0) is 25.5 Å². The van der Waals surface area contributed by atoms with E-state index in [2.05, 4.69) is 19.9 Å². The molecule has 0 radical (unpaired) electrons. The monoisotopic (exact) mass is 410 g/mol. The van der Waals surface area contributed by atoms with Crippen molar-refractivity contribution in [2.24, 2.45) is 0 Å². The largest absolute Gasteiger partial charge is 0.469 e. The zero-order valence-electron chi connectivity index (χ0n) is 16.7. The van der Waals surface area contributed by atoms with E-state index >= 15 is 0 Å². The van der Waals surface area contributed by atoms with Crippen molar-refractivity contribution in [2.75, 3.05) is 14.2 Å². The molecule has 1 amide bonds. The molecule has 0 fully saturated rings. The first kappa shape index (κ1) is 21.0. The van der Waals surface area contributed by atoms with Crippen molar-refractivity contribution in [3.63, 3.8) is 0 Å². The molecule has 1 aromatic heterocycles. The third kappa shape index (κ3) is 5.02. The van der Waals surface area contributed by atoms with Gasteiger partial charge in [0.05, 0.1) is 19.9 Å². The number of carbonyl (C=O) groups is 3. The Morgan fingerprint density at radius 2 is 1.83 bits per heavy atom. The number of aromatic nitrogens is 1. The van der Waals surface area contributed by atoms with E-state index in [0.717, 1.165) is 16.3 Å². The number of hydrogen-bond donors (Lipinski definition) is 1. The Bertz CT molecular complexity index is 1050. The number of hydrogen-bond acceptors (Lipinski definition) is 7. The molecule has 1 N–H and O–H groups in total. The predicted molar refractivity (Wildman–Crippen MR) is 108 cm³/mol. The molecule has 156 valence electrons. The van der Waals surface area contributed by atoms with Crippen LogP contribution >= 0.6 is 0 Å². The molecular weight excluding hydrogens is 388 g/mol. The second-order valence-corrected chi connectivity index (χ2v) is 6.66. The number of fused-ring (bicyclic) bond motifs is 1. The number of esters is 2. The highest BCUT2D eigenvalue weighted by molar-refractivity contribution is 5.94. The van der Waals surface area contributed by atoms with Crippen molar-refractivity contribution in [3.8, 4) is 0 Å². The molecule has 30 heavy (non-hydrogen) atoms. The SMILES string of the molecule is COC(=O)CC[C@H](NC(=O)c1cc(Cc2cccc3ccccc23)no1)C(=O)OC. The van der Waals surface area contributed by atoms with Crippen LogP contribution in [0.2, 0.25) is 0 Å². The van der Waals surface area contributed by atoms with Crippen molar-refractivity contribution in [1.29, 1.82) is 0 Å². The van der Waals surface area contributed by atoms with E-state index in [4.69, 9.17) is 4.52 Å². The predicted octanol–water partition coefficient (Wildman–Crippen LogP) is 2.64. The summed E-state index contributed by atoms with van der Waals surface area (Å²) in [6.45, 7) is 0. The number of benzene rings is 2. The fourth-order valence-corrected chi connectivity index (χ4v) is 3.13. The standard InChI is InChI=1S/C22H22N2O6/c1-28-20(25)11-10-18(22(27)29-2)23-21(26)19-13-16(24-30-19)12-15-8-5-7-14-6-3-4-9-17(14)15/h3-9,13,18H,10-12H2,1-2H3,(H,23,26)/t18-/m0/s1. The Kier molecular flexibility index (Phi) is 6.79. The highest BCUT2D eigenvalue weighted by Crippen LogP contribution is 2.21. The van der Waals surface area contributed by atoms with Crippen molar-refractivity contribution < 1.29 is 28.4 Å². The van der Waals surface area contributed by atoms with E-state index in [9.17, 15) is 14.4 Å². The fourth-order valence-electron chi connectivity index (χ4n) is 3.13. The molecule has 0 saturated carbocycles. The minimum atomic E-state index is -1.01. The van der Waals surface area contributed by atoms with Gasteiger partial charge in [-0.25, -0.2) is 4.79 Å². The van der Waals surface area contributed by atoms with Gasteiger partial charge in [-0.15, -0.1) is 0 Å². The lowest BCUT2D eigenvalue weighted by atomic mass is 10.0. The molecule has 1 heterocycles. The number of amides is 1. The van der Waals surface area contributed by atoms with Crippen LogP contribution in [0.1, 0.15) is 34.7 Å². The Balaban J connectivity index is 1.70. The summed E-state index contributed by atoms with van der Waals surface area (Å²) in [6, 6.07) is 14.5. The quantitative estimate of drug-likeness (QED) is 0.569. The van der Waals surface area contributed by atoms with E-state index in [0.29, 0.717) is 12.1 Å². The molecule has 3 rings (SSSR count). The topological polar surface area (TPSA) is 108 Å². The molecule has 0 aliphatic heterocycles. The molecule has 8 nitrogen and oxygen atoms in total. The van der Waals surface area contributed by atoms with Crippen LogP contribution in [0, 0.1) is 0 Å². The number of nitrogens with zero attached hydrogens (tertiary/aromatic N) is 1. The number of nitrogens with one attached hydrogen (secondary N) is 1. The number of methoxy groups -OCH3 is 2. The van der Waals surface area contributed by atoms with Gasteiger partial charge in [0.1, 0.15) is 6.04 Å². The van der Waals surface area contributed by atoms with Gasteiger partial charge in [0.2, 0.25) is 5.76 Å². The first-order valence-corrected chi connectivity index (χ1v) is 9.39. The van der Waals surface area contributed by atoms with E-state index in [-0.39, 0.29) is 18.6 Å². The molecule has 8 heteroatoms. The molecule has 1 atom stereocenters. The Morgan fingerprint density at radius 3 is 2.60 bits per heavy atom. The van der Waals surface area contributed by atoms with E-state index in [1.807, 2.05) is 42.5 Å². The summed E-state index contributed by atoms with van der Waals surface area (Å²) in [6.07, 6.45) is 0.488. The van der Waals surface area contributed by atoms with Crippen LogP contribution in [0.15, 0.2) is 53.1 Å². The summed E-state index contributed by atoms with van der Waals surface area (Å²) >= 11 is 0. The van der Waals surface area contributed by atoms with Gasteiger partial charge in [-0.3, -0.25) is 9.59 Å². The maximum atomic E-state index is 12.5. The smallest absolute Gasteiger partial charge is 0.328 e. The summed E-state index contributed by atoms with van der Waals surface area (Å²) < 4.78 is 14.4. The summed E-state index contributed by atoms with van der Waals surface area (Å²) in [5.74, 6) is -1.80. The molecule has 0 saturated heterocycles. The van der Waals surface area contributed by atoms with Crippen LogP contribution < -0.4 is 5.32 Å². The maximum Gasteiger partial charge on any atom is 0.328 e. The van der Waals surface area contributed by atoms with Crippen LogP contribution in [-0.4, -0.2) is 43.3 Å². The average molecular weight is 410 g/mol. The van der Waals surface area contributed by atoms with Gasteiger partial charge < -0.3 is 19.3 Å². The van der Waals surface area contributed by atoms with Crippen molar-refractivity contribution in [3.05, 3.63) is 65.5 Å². The highest BCUT2D eigenvalue weighted by Gasteiger charge is 2.25. The Hall–Kier alpha value is -3.68. The molecule has 3 aromatic rings. The van der Waals surface area contributed by atoms with Crippen LogP contribution in [0.3, 0.4) is 0 Å². The summed E-state index contributed by atoms with van der Waals surface area (Å²) in [5.41, 5.74) is 1.64. The van der Waals surface area contributed by atoms with Gasteiger partial charge in [-0.2, -0.15) is 0 Å². The summed E-state index contributed by atoms with van der Waals surface area (Å²) in [4.78, 5) is 35.8. The van der Waals surface area contributed by atoms with Gasteiger partial charge in [0.15, 0.2) is 0 Å². The van der Waals surface area contributed by atoms with E-state index in [1.54, 1.807) is 0 Å². The summed E-state index contributed by atoms with van der Waals surface area (Å²) in [5, 5.41) is 8.70. The normalized spacial score (nSPS) is 11.7. The van der Waals surface area contributed by atoms with Crippen molar-refractivity contribution >= 4 is 28.6 Å². The highest BCUT2D eigenvalue weighted by atomic mass is 16.5. The molecule has 0 spiro atoms. The first-order chi connectivity index (χ1) is 14.5. The van der Waals surface area contributed by atoms with Crippen LogP contribution in [0.5, 0.6) is 0 Å². The number of carbonyl (C=O) groups excluding carboxylic acids is 3. The van der Waals surface area contributed by atoms with Gasteiger partial charge >= 0.3 is 11.9 Å². The third-order valence-corrected chi connectivity index (χ3v) is 4.69. The second kappa shape index (κ2) is 9.69. The minimum absolute atomic E-state index is 0.0304. The summed E-state index contributed by atoms with van der Waals surface area (Å²) in [7, 11) is 2.45. The molecule has 0 bridgehead atoms. The number of rotatable bonds is 8. The maximum absolute atomic E-state index is 12.5. The van der Waals surface area contributed by atoms with Gasteiger partial charge in [-0.1, -0.05) is 47.6 Å².